The summed E-state index contributed by atoms with van der Waals surface area (Å²) >= 11 is 1.02. The van der Waals surface area contributed by atoms with E-state index in [1.54, 1.807) is 12.3 Å². The van der Waals surface area contributed by atoms with Crippen LogP contribution in [0.5, 0.6) is 0 Å². The number of amides is 1. The van der Waals surface area contributed by atoms with Crippen LogP contribution in [0, 0.1) is 0 Å². The van der Waals surface area contributed by atoms with Gasteiger partial charge in [-0.1, -0.05) is 0 Å². The lowest BCUT2D eigenvalue weighted by Crippen LogP contribution is -2.26. The van der Waals surface area contributed by atoms with Crippen molar-refractivity contribution in [2.45, 2.75) is 25.4 Å². The lowest BCUT2D eigenvalue weighted by molar-refractivity contribution is -0.137. The fourth-order valence-corrected chi connectivity index (χ4v) is 3.56. The third-order valence-corrected chi connectivity index (χ3v) is 5.39. The summed E-state index contributed by atoms with van der Waals surface area (Å²) in [6.45, 7) is 3.63. The average molecular weight is 472 g/mol. The van der Waals surface area contributed by atoms with Gasteiger partial charge in [0.1, 0.15) is 5.69 Å². The van der Waals surface area contributed by atoms with Gasteiger partial charge in [0.05, 0.1) is 28.6 Å². The maximum absolute atomic E-state index is 12.9. The Hall–Kier alpha value is -2.99. The number of rotatable bonds is 4. The highest BCUT2D eigenvalue weighted by atomic mass is 35.5. The van der Waals surface area contributed by atoms with Crippen LogP contribution in [0.25, 0.3) is 11.5 Å². The summed E-state index contributed by atoms with van der Waals surface area (Å²) in [6, 6.07) is 2.72. The fraction of sp³-hybridized carbons (Fsp3) is 0.278. The summed E-state index contributed by atoms with van der Waals surface area (Å²) in [7, 11) is 1.50. The summed E-state index contributed by atoms with van der Waals surface area (Å²) in [5.41, 5.74) is 0.540. The minimum absolute atomic E-state index is 0. The highest BCUT2D eigenvalue weighted by Crippen LogP contribution is 2.39. The Morgan fingerprint density at radius 2 is 1.90 bits per heavy atom. The van der Waals surface area contributed by atoms with E-state index in [0.717, 1.165) is 29.4 Å². The van der Waals surface area contributed by atoms with Gasteiger partial charge in [0.15, 0.2) is 11.6 Å². The fourth-order valence-electron chi connectivity index (χ4n) is 2.98. The van der Waals surface area contributed by atoms with Crippen molar-refractivity contribution in [3.8, 4) is 11.5 Å². The summed E-state index contributed by atoms with van der Waals surface area (Å²) < 4.78 is 42.9. The maximum atomic E-state index is 12.9. The standard InChI is InChI=1S/C18H16F3N7OS.ClH/c1-17(2)9-5-11(23-7-12(9)25-15(17)29)14-27-16(30-28-14)26-13-10(22-3)4-8(6-24-13)18(19,20)21;/h4-7,22H,1-3H3,(H,25,29)(H,24,26,27,28);1H. The van der Waals surface area contributed by atoms with Crippen molar-refractivity contribution >= 4 is 52.2 Å². The molecular weight excluding hydrogens is 455 g/mol. The van der Waals surface area contributed by atoms with E-state index in [4.69, 9.17) is 0 Å². The lowest BCUT2D eigenvalue weighted by atomic mass is 9.86. The number of carbonyl (C=O) groups is 1. The number of carbonyl (C=O) groups excluding carboxylic acids is 1. The third-order valence-electron chi connectivity index (χ3n) is 4.76. The third kappa shape index (κ3) is 4.12. The molecule has 1 amide bonds. The Morgan fingerprint density at radius 1 is 1.16 bits per heavy atom. The molecule has 0 atom stereocenters. The number of hydrogen-bond acceptors (Lipinski definition) is 8. The van der Waals surface area contributed by atoms with Crippen LogP contribution in [0.2, 0.25) is 0 Å². The van der Waals surface area contributed by atoms with Crippen molar-refractivity contribution in [1.29, 1.82) is 0 Å². The molecule has 13 heteroatoms. The van der Waals surface area contributed by atoms with Crippen LogP contribution in [0.3, 0.4) is 0 Å². The van der Waals surface area contributed by atoms with Gasteiger partial charge in [-0.25, -0.2) is 4.98 Å². The Morgan fingerprint density at radius 3 is 2.58 bits per heavy atom. The minimum atomic E-state index is -4.49. The van der Waals surface area contributed by atoms with Gasteiger partial charge in [-0.2, -0.15) is 22.5 Å². The maximum Gasteiger partial charge on any atom is 0.417 e. The zero-order valence-electron chi connectivity index (χ0n) is 16.5. The number of aromatic nitrogens is 4. The van der Waals surface area contributed by atoms with E-state index in [0.29, 0.717) is 22.3 Å². The van der Waals surface area contributed by atoms with Crippen molar-refractivity contribution in [1.82, 2.24) is 19.3 Å². The first kappa shape index (κ1) is 22.7. The summed E-state index contributed by atoms with van der Waals surface area (Å²) in [5, 5.41) is 8.69. The molecule has 0 fully saturated rings. The molecule has 164 valence electrons. The molecule has 0 aromatic carbocycles. The summed E-state index contributed by atoms with van der Waals surface area (Å²) in [6.07, 6.45) is -2.18. The molecule has 0 spiro atoms. The molecule has 4 heterocycles. The van der Waals surface area contributed by atoms with E-state index in [1.165, 1.54) is 7.05 Å². The van der Waals surface area contributed by atoms with Crippen LogP contribution < -0.4 is 16.0 Å². The van der Waals surface area contributed by atoms with Crippen molar-refractivity contribution in [3.05, 3.63) is 35.7 Å². The molecule has 3 N–H and O–H groups in total. The Kier molecular flexibility index (Phi) is 5.80. The van der Waals surface area contributed by atoms with Crippen molar-refractivity contribution in [2.75, 3.05) is 23.0 Å². The molecule has 0 saturated heterocycles. The molecule has 1 aliphatic heterocycles. The monoisotopic (exact) mass is 471 g/mol. The highest BCUT2D eigenvalue weighted by Gasteiger charge is 2.39. The first-order chi connectivity index (χ1) is 14.1. The van der Waals surface area contributed by atoms with Gasteiger partial charge in [-0.05, 0) is 31.5 Å². The van der Waals surface area contributed by atoms with Crippen LogP contribution in [-0.4, -0.2) is 32.3 Å². The first-order valence-electron chi connectivity index (χ1n) is 8.77. The largest absolute Gasteiger partial charge is 0.417 e. The molecule has 4 rings (SSSR count). The second kappa shape index (κ2) is 7.93. The summed E-state index contributed by atoms with van der Waals surface area (Å²) in [5.74, 6) is 0.405. The first-order valence-corrected chi connectivity index (χ1v) is 9.55. The number of pyridine rings is 2. The molecule has 3 aromatic heterocycles. The van der Waals surface area contributed by atoms with Gasteiger partial charge in [0, 0.05) is 24.8 Å². The molecule has 0 aliphatic carbocycles. The van der Waals surface area contributed by atoms with Gasteiger partial charge < -0.3 is 16.0 Å². The quantitative estimate of drug-likeness (QED) is 0.516. The van der Waals surface area contributed by atoms with Crippen LogP contribution >= 0.6 is 23.9 Å². The van der Waals surface area contributed by atoms with Crippen LogP contribution in [-0.2, 0) is 16.4 Å². The molecule has 31 heavy (non-hydrogen) atoms. The number of nitrogens with zero attached hydrogens (tertiary/aromatic N) is 4. The molecule has 0 bridgehead atoms. The second-order valence-electron chi connectivity index (χ2n) is 7.11. The molecule has 0 unspecified atom stereocenters. The predicted octanol–water partition coefficient (Wildman–Crippen LogP) is 4.45. The number of nitrogens with one attached hydrogen (secondary N) is 3. The predicted molar refractivity (Wildman–Crippen MR) is 114 cm³/mol. The minimum Gasteiger partial charge on any atom is -0.385 e. The van der Waals surface area contributed by atoms with Crippen molar-refractivity contribution in [2.24, 2.45) is 0 Å². The zero-order valence-corrected chi connectivity index (χ0v) is 18.1. The lowest BCUT2D eigenvalue weighted by Gasteiger charge is -2.14. The number of alkyl halides is 3. The number of hydrogen-bond donors (Lipinski definition) is 3. The highest BCUT2D eigenvalue weighted by molar-refractivity contribution is 7.09. The van der Waals surface area contributed by atoms with E-state index in [1.807, 2.05) is 13.8 Å². The Labute approximate surface area is 185 Å². The molecule has 1 aliphatic rings. The molecule has 0 radical (unpaired) electrons. The molecule has 3 aromatic rings. The SMILES string of the molecule is CNc1cc(C(F)(F)F)cnc1Nc1nc(-c2cc3c(cn2)NC(=O)C3(C)C)ns1.Cl. The number of fused-ring (bicyclic) bond motifs is 1. The Balaban J connectivity index is 0.00000272. The van der Waals surface area contributed by atoms with E-state index in [-0.39, 0.29) is 29.8 Å². The Bertz CT molecular complexity index is 1150. The normalized spacial score (nSPS) is 14.5. The zero-order chi connectivity index (χ0) is 21.7. The van der Waals surface area contributed by atoms with E-state index in [9.17, 15) is 18.0 Å². The summed E-state index contributed by atoms with van der Waals surface area (Å²) in [4.78, 5) is 24.6. The van der Waals surface area contributed by atoms with Crippen LogP contribution in [0.4, 0.5) is 35.5 Å². The van der Waals surface area contributed by atoms with Gasteiger partial charge in [0.25, 0.3) is 0 Å². The number of anilines is 4. The van der Waals surface area contributed by atoms with E-state index < -0.39 is 17.2 Å². The van der Waals surface area contributed by atoms with Crippen LogP contribution in [0.15, 0.2) is 24.5 Å². The van der Waals surface area contributed by atoms with E-state index >= 15 is 0 Å². The molecular formula is C18H17ClF3N7OS. The van der Waals surface area contributed by atoms with Gasteiger partial charge >= 0.3 is 6.18 Å². The smallest absolute Gasteiger partial charge is 0.385 e. The van der Waals surface area contributed by atoms with Crippen LogP contribution in [0.1, 0.15) is 25.0 Å². The topological polar surface area (TPSA) is 105 Å². The number of halogens is 4. The van der Waals surface area contributed by atoms with Crippen molar-refractivity contribution in [3.63, 3.8) is 0 Å². The van der Waals surface area contributed by atoms with Gasteiger partial charge in [-0.15, -0.1) is 12.4 Å². The molecule has 8 nitrogen and oxygen atoms in total. The van der Waals surface area contributed by atoms with Crippen molar-refractivity contribution < 1.29 is 18.0 Å². The second-order valence-corrected chi connectivity index (χ2v) is 7.86. The van der Waals surface area contributed by atoms with E-state index in [2.05, 4.69) is 35.3 Å². The van der Waals surface area contributed by atoms with Gasteiger partial charge in [-0.3, -0.25) is 9.78 Å². The van der Waals surface area contributed by atoms with Gasteiger partial charge in [0.2, 0.25) is 11.0 Å². The molecule has 0 saturated carbocycles. The average Bonchev–Trinajstić information content (AvgIpc) is 3.24.